The van der Waals surface area contributed by atoms with Crippen molar-refractivity contribution in [3.05, 3.63) is 114 Å². The van der Waals surface area contributed by atoms with E-state index in [0.29, 0.717) is 39.6 Å². The van der Waals surface area contributed by atoms with Crippen LogP contribution in [0.25, 0.3) is 11.1 Å². The minimum atomic E-state index is -1.51. The van der Waals surface area contributed by atoms with E-state index in [-0.39, 0.29) is 11.8 Å². The highest BCUT2D eigenvalue weighted by Crippen LogP contribution is 2.31. The number of hydrogen-bond donors (Lipinski definition) is 2. The molecular weight excluding hydrogens is 444 g/mol. The molecule has 1 unspecified atom stereocenters. The van der Waals surface area contributed by atoms with Gasteiger partial charge in [0.1, 0.15) is 0 Å². The number of carbonyl (C=O) groups is 2. The lowest BCUT2D eigenvalue weighted by Crippen LogP contribution is -2.26. The highest BCUT2D eigenvalue weighted by molar-refractivity contribution is 7.85. The summed E-state index contributed by atoms with van der Waals surface area (Å²) >= 11 is 0. The van der Waals surface area contributed by atoms with Crippen molar-refractivity contribution in [3.8, 4) is 11.1 Å². The first-order chi connectivity index (χ1) is 16.6. The number of nitrogens with one attached hydrogen (secondary N) is 2. The standard InChI is InChI=1S/C28H22N2O3S/c31-27(29-17-16-19-10-12-21(13-11-19)20-6-2-1-3-7-20)22-14-15-26-24(18-22)30-28(32)23-8-4-5-9-25(23)34(26)33/h1-15,18H,16-17H2,(H,29,31)(H,30,32). The van der Waals surface area contributed by atoms with Crippen molar-refractivity contribution in [2.45, 2.75) is 16.2 Å². The zero-order valence-electron chi connectivity index (χ0n) is 18.3. The van der Waals surface area contributed by atoms with E-state index < -0.39 is 10.8 Å². The third-order valence-electron chi connectivity index (χ3n) is 5.78. The molecule has 1 aliphatic rings. The highest BCUT2D eigenvalue weighted by atomic mass is 32.2. The maximum atomic E-state index is 13.0. The van der Waals surface area contributed by atoms with Gasteiger partial charge in [-0.1, -0.05) is 66.7 Å². The fraction of sp³-hybridized carbons (Fsp3) is 0.0714. The zero-order valence-corrected chi connectivity index (χ0v) is 19.1. The Morgan fingerprint density at radius 3 is 2.29 bits per heavy atom. The average Bonchev–Trinajstić information content (AvgIpc) is 2.99. The maximum Gasteiger partial charge on any atom is 0.256 e. The summed E-state index contributed by atoms with van der Waals surface area (Å²) in [7, 11) is -1.51. The first kappa shape index (κ1) is 21.8. The monoisotopic (exact) mass is 466 g/mol. The molecule has 1 heterocycles. The van der Waals surface area contributed by atoms with Crippen LogP contribution in [-0.2, 0) is 17.2 Å². The number of carbonyl (C=O) groups excluding carboxylic acids is 2. The fourth-order valence-corrected chi connectivity index (χ4v) is 5.27. The Morgan fingerprint density at radius 2 is 1.50 bits per heavy atom. The van der Waals surface area contributed by atoms with Crippen LogP contribution in [0.1, 0.15) is 26.3 Å². The van der Waals surface area contributed by atoms with Gasteiger partial charge in [0, 0.05) is 12.1 Å². The second-order valence-corrected chi connectivity index (χ2v) is 9.42. The Morgan fingerprint density at radius 1 is 0.794 bits per heavy atom. The predicted molar refractivity (Wildman–Crippen MR) is 133 cm³/mol. The van der Waals surface area contributed by atoms with Crippen molar-refractivity contribution < 1.29 is 13.8 Å². The molecular formula is C28H22N2O3S. The number of hydrogen-bond acceptors (Lipinski definition) is 3. The average molecular weight is 467 g/mol. The van der Waals surface area contributed by atoms with Crippen LogP contribution in [0.4, 0.5) is 5.69 Å². The molecule has 0 aliphatic carbocycles. The first-order valence-electron chi connectivity index (χ1n) is 11.0. The summed E-state index contributed by atoms with van der Waals surface area (Å²) in [6.07, 6.45) is 0.696. The molecule has 1 aliphatic heterocycles. The lowest BCUT2D eigenvalue weighted by molar-refractivity contribution is 0.0952. The maximum absolute atomic E-state index is 13.0. The van der Waals surface area contributed by atoms with Gasteiger partial charge in [-0.05, 0) is 53.4 Å². The van der Waals surface area contributed by atoms with Crippen molar-refractivity contribution in [1.82, 2.24) is 5.32 Å². The van der Waals surface area contributed by atoms with Crippen LogP contribution in [0.2, 0.25) is 0 Å². The van der Waals surface area contributed by atoms with Gasteiger partial charge in [0.05, 0.1) is 31.8 Å². The molecule has 5 nitrogen and oxygen atoms in total. The third kappa shape index (κ3) is 4.40. The van der Waals surface area contributed by atoms with Gasteiger partial charge in [0.25, 0.3) is 11.8 Å². The molecule has 168 valence electrons. The first-order valence-corrected chi connectivity index (χ1v) is 12.1. The Kier molecular flexibility index (Phi) is 6.06. The third-order valence-corrected chi connectivity index (χ3v) is 7.29. The quantitative estimate of drug-likeness (QED) is 0.432. The normalized spacial score (nSPS) is 14.4. The van der Waals surface area contributed by atoms with Crippen molar-refractivity contribution in [1.29, 1.82) is 0 Å². The van der Waals surface area contributed by atoms with Gasteiger partial charge in [-0.2, -0.15) is 0 Å². The second kappa shape index (κ2) is 9.45. The van der Waals surface area contributed by atoms with Crippen LogP contribution in [-0.4, -0.2) is 22.6 Å². The smallest absolute Gasteiger partial charge is 0.256 e. The molecule has 34 heavy (non-hydrogen) atoms. The van der Waals surface area contributed by atoms with Crippen molar-refractivity contribution in [2.24, 2.45) is 0 Å². The fourth-order valence-electron chi connectivity index (χ4n) is 3.97. The van der Waals surface area contributed by atoms with Gasteiger partial charge in [0.15, 0.2) is 0 Å². The molecule has 0 fully saturated rings. The molecule has 0 aromatic heterocycles. The van der Waals surface area contributed by atoms with Crippen LogP contribution in [0.15, 0.2) is 107 Å². The van der Waals surface area contributed by atoms with E-state index in [2.05, 4.69) is 47.0 Å². The van der Waals surface area contributed by atoms with Crippen LogP contribution in [0.3, 0.4) is 0 Å². The minimum Gasteiger partial charge on any atom is -0.352 e. The molecule has 2 N–H and O–H groups in total. The Balaban J connectivity index is 1.24. The number of benzene rings is 4. The highest BCUT2D eigenvalue weighted by Gasteiger charge is 2.25. The number of rotatable bonds is 5. The van der Waals surface area contributed by atoms with E-state index in [1.165, 1.54) is 5.56 Å². The Bertz CT molecular complexity index is 1400. The van der Waals surface area contributed by atoms with Crippen molar-refractivity contribution in [3.63, 3.8) is 0 Å². The van der Waals surface area contributed by atoms with Gasteiger partial charge in [-0.15, -0.1) is 0 Å². The minimum absolute atomic E-state index is 0.245. The van der Waals surface area contributed by atoms with Gasteiger partial charge >= 0.3 is 0 Å². The molecule has 0 radical (unpaired) electrons. The van der Waals surface area contributed by atoms with Gasteiger partial charge in [-0.3, -0.25) is 9.59 Å². The van der Waals surface area contributed by atoms with Crippen LogP contribution >= 0.6 is 0 Å². The summed E-state index contributed by atoms with van der Waals surface area (Å²) in [6, 6.07) is 30.2. The lowest BCUT2D eigenvalue weighted by Gasteiger charge is -2.10. The molecule has 0 spiro atoms. The van der Waals surface area contributed by atoms with E-state index in [4.69, 9.17) is 0 Å². The van der Waals surface area contributed by atoms with Crippen LogP contribution < -0.4 is 10.6 Å². The molecule has 4 aromatic carbocycles. The molecule has 0 saturated carbocycles. The summed E-state index contributed by atoms with van der Waals surface area (Å²) in [6.45, 7) is 0.477. The predicted octanol–water partition coefficient (Wildman–Crippen LogP) is 5.06. The van der Waals surface area contributed by atoms with Crippen molar-refractivity contribution >= 4 is 28.3 Å². The molecule has 6 heteroatoms. The van der Waals surface area contributed by atoms with Gasteiger partial charge < -0.3 is 10.6 Å². The molecule has 1 atom stereocenters. The van der Waals surface area contributed by atoms with E-state index in [9.17, 15) is 13.8 Å². The summed E-state index contributed by atoms with van der Waals surface area (Å²) in [5.41, 5.74) is 4.62. The second-order valence-electron chi connectivity index (χ2n) is 8.00. The van der Waals surface area contributed by atoms with E-state index >= 15 is 0 Å². The molecule has 2 amide bonds. The van der Waals surface area contributed by atoms with Gasteiger partial charge in [-0.25, -0.2) is 4.21 Å². The topological polar surface area (TPSA) is 75.3 Å². The molecule has 0 bridgehead atoms. The lowest BCUT2D eigenvalue weighted by atomic mass is 10.0. The number of amides is 2. The van der Waals surface area contributed by atoms with E-state index in [0.717, 1.165) is 11.1 Å². The summed E-state index contributed by atoms with van der Waals surface area (Å²) in [5.74, 6) is -0.579. The van der Waals surface area contributed by atoms with E-state index in [1.54, 1.807) is 42.5 Å². The number of fused-ring (bicyclic) bond motifs is 2. The Hall–Kier alpha value is -4.03. The molecule has 4 aromatic rings. The van der Waals surface area contributed by atoms with E-state index in [1.807, 2.05) is 18.2 Å². The van der Waals surface area contributed by atoms with Crippen LogP contribution in [0, 0.1) is 0 Å². The zero-order chi connectivity index (χ0) is 23.5. The molecule has 5 rings (SSSR count). The summed E-state index contributed by atoms with van der Waals surface area (Å²) in [5, 5.41) is 5.72. The summed E-state index contributed by atoms with van der Waals surface area (Å²) < 4.78 is 13.0. The SMILES string of the molecule is O=C(NCCc1ccc(-c2ccccc2)cc1)c1ccc2c(c1)NC(=O)c1ccccc1S2=O. The Labute approximate surface area is 200 Å². The molecule has 0 saturated heterocycles. The van der Waals surface area contributed by atoms with Crippen molar-refractivity contribution in [2.75, 3.05) is 11.9 Å². The largest absolute Gasteiger partial charge is 0.352 e. The summed E-state index contributed by atoms with van der Waals surface area (Å²) in [4.78, 5) is 26.3. The van der Waals surface area contributed by atoms with Gasteiger partial charge in [0.2, 0.25) is 0 Å². The van der Waals surface area contributed by atoms with Crippen LogP contribution in [0.5, 0.6) is 0 Å². The number of anilines is 1.